The highest BCUT2D eigenvalue weighted by atomic mass is 19.1. The van der Waals surface area contributed by atoms with Gasteiger partial charge in [0.05, 0.1) is 11.5 Å². The van der Waals surface area contributed by atoms with Gasteiger partial charge in [-0.05, 0) is 88.3 Å². The molecule has 0 aliphatic carbocycles. The lowest BCUT2D eigenvalue weighted by Gasteiger charge is -2.37. The largest absolute Gasteiger partial charge is 0.347 e. The first-order valence-electron chi connectivity index (χ1n) is 13.7. The molecule has 2 atom stereocenters. The van der Waals surface area contributed by atoms with Crippen molar-refractivity contribution in [2.75, 3.05) is 26.2 Å². The Balaban J connectivity index is 1.53. The molecule has 0 bridgehead atoms. The number of carbonyl (C=O) groups excluding carboxylic acids is 2. The van der Waals surface area contributed by atoms with E-state index in [4.69, 9.17) is 0 Å². The van der Waals surface area contributed by atoms with E-state index >= 15 is 0 Å². The SMILES string of the molecule is CC(=O)NC(C)(C)c1cc(F)ccc1C1CCN(C(=O)[C@@H]2CN(C(C)(C)C)CC2c2ccc(F)cc2F)CC1. The quantitative estimate of drug-likeness (QED) is 0.527. The number of nitrogens with zero attached hydrogens (tertiary/aromatic N) is 2. The standard InChI is InChI=1S/C31H40F3N3O2/c1-19(38)35-31(5,6)27-15-21(32)7-9-23(27)20-11-13-36(14-12-20)29(39)26-18-37(30(2,3)4)17-25(26)24-10-8-22(33)16-28(24)34/h7-10,15-16,20,25-26H,11-14,17-18H2,1-6H3,(H,35,38)/t25?,26-/m1/s1. The van der Waals surface area contributed by atoms with E-state index in [1.807, 2.05) is 18.7 Å². The fourth-order valence-electron chi connectivity index (χ4n) is 6.30. The van der Waals surface area contributed by atoms with Gasteiger partial charge in [0, 0.05) is 50.6 Å². The second-order valence-electron chi connectivity index (χ2n) is 12.6. The molecule has 8 heteroatoms. The molecular weight excluding hydrogens is 503 g/mol. The number of carbonyl (C=O) groups is 2. The number of halogens is 3. The van der Waals surface area contributed by atoms with Crippen LogP contribution in [0.4, 0.5) is 13.2 Å². The summed E-state index contributed by atoms with van der Waals surface area (Å²) in [5.41, 5.74) is 1.16. The molecule has 0 aromatic heterocycles. The normalized spacial score (nSPS) is 21.3. The van der Waals surface area contributed by atoms with Crippen LogP contribution in [0.2, 0.25) is 0 Å². The first kappa shape index (κ1) is 29.1. The topological polar surface area (TPSA) is 52.7 Å². The number of nitrogens with one attached hydrogen (secondary N) is 1. The first-order valence-corrected chi connectivity index (χ1v) is 13.7. The van der Waals surface area contributed by atoms with Crippen molar-refractivity contribution in [1.29, 1.82) is 0 Å². The maximum Gasteiger partial charge on any atom is 0.227 e. The zero-order chi connectivity index (χ0) is 28.7. The molecule has 2 aromatic rings. The molecule has 2 aliphatic heterocycles. The Bertz CT molecular complexity index is 1230. The summed E-state index contributed by atoms with van der Waals surface area (Å²) in [5, 5.41) is 2.92. The zero-order valence-electron chi connectivity index (χ0n) is 23.8. The molecule has 0 saturated carbocycles. The van der Waals surface area contributed by atoms with Crippen LogP contribution >= 0.6 is 0 Å². The second kappa shape index (κ2) is 11.0. The minimum Gasteiger partial charge on any atom is -0.347 e. The molecule has 2 amide bonds. The molecule has 212 valence electrons. The predicted octanol–water partition coefficient (Wildman–Crippen LogP) is 5.70. The number of hydrogen-bond acceptors (Lipinski definition) is 3. The van der Waals surface area contributed by atoms with Crippen LogP contribution in [0.5, 0.6) is 0 Å². The highest BCUT2D eigenvalue weighted by Crippen LogP contribution is 2.40. The fourth-order valence-corrected chi connectivity index (χ4v) is 6.30. The first-order chi connectivity index (χ1) is 18.2. The molecule has 2 fully saturated rings. The van der Waals surface area contributed by atoms with Crippen LogP contribution in [0, 0.1) is 23.4 Å². The van der Waals surface area contributed by atoms with Gasteiger partial charge in [0.15, 0.2) is 0 Å². The highest BCUT2D eigenvalue weighted by molar-refractivity contribution is 5.81. The van der Waals surface area contributed by atoms with Gasteiger partial charge in [0.1, 0.15) is 17.5 Å². The molecule has 2 saturated heterocycles. The van der Waals surface area contributed by atoms with Gasteiger partial charge in [-0.25, -0.2) is 13.2 Å². The van der Waals surface area contributed by atoms with Gasteiger partial charge in [-0.1, -0.05) is 12.1 Å². The van der Waals surface area contributed by atoms with Gasteiger partial charge in [-0.3, -0.25) is 14.5 Å². The van der Waals surface area contributed by atoms with Crippen LogP contribution < -0.4 is 5.32 Å². The minimum atomic E-state index is -0.747. The molecule has 0 radical (unpaired) electrons. The van der Waals surface area contributed by atoms with Gasteiger partial charge in [0.25, 0.3) is 0 Å². The molecule has 1 N–H and O–H groups in total. The van der Waals surface area contributed by atoms with E-state index in [-0.39, 0.29) is 35.0 Å². The summed E-state index contributed by atoms with van der Waals surface area (Å²) >= 11 is 0. The number of amides is 2. The summed E-state index contributed by atoms with van der Waals surface area (Å²) in [7, 11) is 0. The number of likely N-dealkylation sites (tertiary alicyclic amines) is 2. The molecule has 2 heterocycles. The molecule has 0 spiro atoms. The van der Waals surface area contributed by atoms with E-state index in [2.05, 4.69) is 31.0 Å². The number of hydrogen-bond donors (Lipinski definition) is 1. The fraction of sp³-hybridized carbons (Fsp3) is 0.548. The Morgan fingerprint density at radius 2 is 1.46 bits per heavy atom. The lowest BCUT2D eigenvalue weighted by molar-refractivity contribution is -0.136. The summed E-state index contributed by atoms with van der Waals surface area (Å²) in [4.78, 5) is 29.7. The number of piperidine rings is 1. The lowest BCUT2D eigenvalue weighted by atomic mass is 9.80. The van der Waals surface area contributed by atoms with Gasteiger partial charge >= 0.3 is 0 Å². The maximum absolute atomic E-state index is 14.8. The van der Waals surface area contributed by atoms with Gasteiger partial charge < -0.3 is 10.2 Å². The summed E-state index contributed by atoms with van der Waals surface area (Å²) in [6, 6.07) is 8.35. The van der Waals surface area contributed by atoms with Crippen molar-refractivity contribution in [3.8, 4) is 0 Å². The van der Waals surface area contributed by atoms with Crippen LogP contribution in [0.1, 0.15) is 82.9 Å². The van der Waals surface area contributed by atoms with Crippen LogP contribution in [0.25, 0.3) is 0 Å². The van der Waals surface area contributed by atoms with E-state index in [1.165, 1.54) is 31.2 Å². The van der Waals surface area contributed by atoms with Crippen LogP contribution in [0.3, 0.4) is 0 Å². The van der Waals surface area contributed by atoms with Crippen molar-refractivity contribution in [2.45, 2.75) is 77.3 Å². The van der Waals surface area contributed by atoms with Crippen LogP contribution in [-0.4, -0.2) is 53.3 Å². The van der Waals surface area contributed by atoms with Crippen molar-refractivity contribution in [1.82, 2.24) is 15.1 Å². The summed E-state index contributed by atoms with van der Waals surface area (Å²) in [6.07, 6.45) is 1.40. The zero-order valence-corrected chi connectivity index (χ0v) is 23.8. The highest BCUT2D eigenvalue weighted by Gasteiger charge is 2.45. The Morgan fingerprint density at radius 3 is 2.03 bits per heavy atom. The van der Waals surface area contributed by atoms with Crippen molar-refractivity contribution in [3.63, 3.8) is 0 Å². The number of benzene rings is 2. The molecule has 2 aliphatic rings. The Kier molecular flexibility index (Phi) is 8.18. The summed E-state index contributed by atoms with van der Waals surface area (Å²) in [6.45, 7) is 13.5. The number of rotatable bonds is 5. The average Bonchev–Trinajstić information content (AvgIpc) is 3.29. The van der Waals surface area contributed by atoms with Gasteiger partial charge in [-0.15, -0.1) is 0 Å². The van der Waals surface area contributed by atoms with E-state index in [9.17, 15) is 22.8 Å². The molecule has 39 heavy (non-hydrogen) atoms. The third-order valence-corrected chi connectivity index (χ3v) is 8.37. The Hall–Kier alpha value is -2.87. The van der Waals surface area contributed by atoms with E-state index in [0.29, 0.717) is 44.6 Å². The van der Waals surface area contributed by atoms with Crippen LogP contribution in [-0.2, 0) is 15.1 Å². The third kappa shape index (κ3) is 6.32. The summed E-state index contributed by atoms with van der Waals surface area (Å²) in [5.74, 6) is -2.48. The lowest BCUT2D eigenvalue weighted by Crippen LogP contribution is -2.45. The van der Waals surface area contributed by atoms with Crippen molar-refractivity contribution in [3.05, 3.63) is 70.5 Å². The third-order valence-electron chi connectivity index (χ3n) is 8.37. The van der Waals surface area contributed by atoms with Crippen LogP contribution in [0.15, 0.2) is 36.4 Å². The monoisotopic (exact) mass is 543 g/mol. The van der Waals surface area contributed by atoms with Crippen molar-refractivity contribution < 1.29 is 22.8 Å². The smallest absolute Gasteiger partial charge is 0.227 e. The van der Waals surface area contributed by atoms with E-state index in [1.54, 1.807) is 6.07 Å². The molecule has 2 aromatic carbocycles. The average molecular weight is 544 g/mol. The Morgan fingerprint density at radius 1 is 0.872 bits per heavy atom. The van der Waals surface area contributed by atoms with E-state index < -0.39 is 23.1 Å². The summed E-state index contributed by atoms with van der Waals surface area (Å²) < 4.78 is 42.7. The predicted molar refractivity (Wildman–Crippen MR) is 146 cm³/mol. The van der Waals surface area contributed by atoms with E-state index in [0.717, 1.165) is 17.2 Å². The molecular formula is C31H40F3N3O2. The van der Waals surface area contributed by atoms with Gasteiger partial charge in [0.2, 0.25) is 11.8 Å². The van der Waals surface area contributed by atoms with Crippen molar-refractivity contribution in [2.24, 2.45) is 5.92 Å². The van der Waals surface area contributed by atoms with Gasteiger partial charge in [-0.2, -0.15) is 0 Å². The molecule has 5 nitrogen and oxygen atoms in total. The molecule has 1 unspecified atom stereocenters. The maximum atomic E-state index is 14.8. The minimum absolute atomic E-state index is 0.00756. The molecule has 4 rings (SSSR count). The van der Waals surface area contributed by atoms with Crippen molar-refractivity contribution >= 4 is 11.8 Å². The Labute approximate surface area is 229 Å². The second-order valence-corrected chi connectivity index (χ2v) is 12.6.